The molecule has 1 aromatic rings. The smallest absolute Gasteiger partial charge is 0.317 e. The summed E-state index contributed by atoms with van der Waals surface area (Å²) < 4.78 is 0. The molecule has 6 N–H and O–H groups in total. The number of piperidine rings is 2. The van der Waals surface area contributed by atoms with Gasteiger partial charge in [0.05, 0.1) is 5.60 Å². The molecule has 1 aromatic carbocycles. The van der Waals surface area contributed by atoms with Crippen molar-refractivity contribution in [2.45, 2.75) is 159 Å². The first-order chi connectivity index (χ1) is 27.7. The highest BCUT2D eigenvalue weighted by molar-refractivity contribution is 6.30. The van der Waals surface area contributed by atoms with Gasteiger partial charge in [0.2, 0.25) is 0 Å². The Morgan fingerprint density at radius 2 is 1.30 bits per heavy atom. The number of unbranched alkanes of at least 4 members (excludes halogenated alkanes) is 1. The Kier molecular flexibility index (Phi) is 22.4. The average Bonchev–Trinajstić information content (AvgIpc) is 3.23. The molecule has 5 rings (SSSR count). The standard InChI is InChI=1S/C30H51ClN4O2.C16H31N3O/c1-3-4-17-33-18-10-16-30(37,25-13-8-15-27(31)21-25)26-14-9-19-35(23-26)29(36)34-28(22-32-2)20-24-11-6-5-7-12-24;1-17-13-15(12-14-8-4-2-5-9-14)18-16(20)19-10-6-3-7-11-19/h8,13,15,21,24,26,28,32-33,37H,3-7,9-12,14,16-20,22-23H2,1-2H3,(H,34,36);14-15,17H,2-13H2,1H3,(H,18,20)/t26-,28+,30-;15-/m10/s1. The predicted molar refractivity (Wildman–Crippen MR) is 237 cm³/mol. The summed E-state index contributed by atoms with van der Waals surface area (Å²) in [6.45, 7) is 8.93. The normalized spacial score (nSPS) is 21.8. The molecule has 57 heavy (non-hydrogen) atoms. The van der Waals surface area contributed by atoms with Gasteiger partial charge in [-0.15, -0.1) is 0 Å². The van der Waals surface area contributed by atoms with E-state index in [-0.39, 0.29) is 30.1 Å². The van der Waals surface area contributed by atoms with Gasteiger partial charge in [0.15, 0.2) is 0 Å². The molecule has 4 atom stereocenters. The molecule has 0 unspecified atom stereocenters. The van der Waals surface area contributed by atoms with Gasteiger partial charge in [-0.25, -0.2) is 9.59 Å². The largest absolute Gasteiger partial charge is 0.385 e. The van der Waals surface area contributed by atoms with Gasteiger partial charge in [0.1, 0.15) is 0 Å². The first kappa shape index (κ1) is 47.6. The third kappa shape index (κ3) is 16.8. The fraction of sp³-hybridized carbons (Fsp3) is 0.826. The monoisotopic (exact) mass is 816 g/mol. The fourth-order valence-corrected chi connectivity index (χ4v) is 10.2. The molecular formula is C46H82ClN7O3. The molecule has 2 saturated heterocycles. The molecule has 10 nitrogen and oxygen atoms in total. The van der Waals surface area contributed by atoms with Crippen molar-refractivity contribution < 1.29 is 14.7 Å². The maximum absolute atomic E-state index is 13.4. The van der Waals surface area contributed by atoms with Crippen LogP contribution in [0.1, 0.15) is 147 Å². The summed E-state index contributed by atoms with van der Waals surface area (Å²) in [5.74, 6) is 1.49. The highest BCUT2D eigenvalue weighted by atomic mass is 35.5. The zero-order valence-corrected chi connectivity index (χ0v) is 37.0. The zero-order chi connectivity index (χ0) is 40.7. The number of amides is 4. The minimum atomic E-state index is -1.01. The minimum Gasteiger partial charge on any atom is -0.385 e. The van der Waals surface area contributed by atoms with E-state index in [1.165, 1.54) is 83.5 Å². The number of likely N-dealkylation sites (tertiary alicyclic amines) is 2. The SMILES string of the molecule is CCCCNCCC[C@@](O)(c1cccc(Cl)c1)[C@@H]1CCCN(C(=O)N[C@H](CNC)CC2CCCCC2)C1.CNC[C@H](CC1CCCCC1)NC(=O)N1CCCCC1. The summed E-state index contributed by atoms with van der Waals surface area (Å²) >= 11 is 6.35. The molecule has 0 bridgehead atoms. The van der Waals surface area contributed by atoms with Crippen LogP contribution in [-0.4, -0.2) is 106 Å². The third-order valence-electron chi connectivity index (χ3n) is 13.2. The van der Waals surface area contributed by atoms with Crippen LogP contribution in [-0.2, 0) is 5.60 Å². The summed E-state index contributed by atoms with van der Waals surface area (Å²) in [6.07, 6.45) is 24.8. The van der Waals surface area contributed by atoms with Crippen LogP contribution in [0.4, 0.5) is 9.59 Å². The molecule has 0 spiro atoms. The van der Waals surface area contributed by atoms with Crippen molar-refractivity contribution in [3.8, 4) is 0 Å². The molecule has 4 aliphatic rings. The number of rotatable bonds is 19. The van der Waals surface area contributed by atoms with Gasteiger partial charge in [0.25, 0.3) is 0 Å². The van der Waals surface area contributed by atoms with E-state index in [9.17, 15) is 14.7 Å². The number of carbonyl (C=O) groups is 2. The summed E-state index contributed by atoms with van der Waals surface area (Å²) in [5.41, 5.74) is -0.144. The van der Waals surface area contributed by atoms with Crippen LogP contribution >= 0.6 is 11.6 Å². The lowest BCUT2D eigenvalue weighted by molar-refractivity contribution is -0.0552. The second-order valence-electron chi connectivity index (χ2n) is 17.9. The molecular weight excluding hydrogens is 734 g/mol. The van der Waals surface area contributed by atoms with Crippen molar-refractivity contribution in [3.05, 3.63) is 34.9 Å². The number of carbonyl (C=O) groups excluding carboxylic acids is 2. The van der Waals surface area contributed by atoms with E-state index in [0.717, 1.165) is 102 Å². The van der Waals surface area contributed by atoms with Gasteiger partial charge >= 0.3 is 12.1 Å². The molecule has 326 valence electrons. The van der Waals surface area contributed by atoms with Gasteiger partial charge in [-0.2, -0.15) is 0 Å². The van der Waals surface area contributed by atoms with Gasteiger partial charge in [-0.05, 0) is 121 Å². The average molecular weight is 817 g/mol. The Balaban J connectivity index is 0.000000302. The van der Waals surface area contributed by atoms with Crippen molar-refractivity contribution >= 4 is 23.7 Å². The van der Waals surface area contributed by atoms with Crippen molar-refractivity contribution in [3.63, 3.8) is 0 Å². The van der Waals surface area contributed by atoms with Gasteiger partial charge in [-0.1, -0.05) is 101 Å². The molecule has 2 aliphatic carbocycles. The number of urea groups is 2. The van der Waals surface area contributed by atoms with E-state index < -0.39 is 5.60 Å². The summed E-state index contributed by atoms with van der Waals surface area (Å²) in [5, 5.41) is 29.4. The quantitative estimate of drug-likeness (QED) is 0.0781. The number of hydrogen-bond acceptors (Lipinski definition) is 6. The van der Waals surface area contributed by atoms with Crippen LogP contribution in [0.2, 0.25) is 5.02 Å². The highest BCUT2D eigenvalue weighted by Crippen LogP contribution is 2.40. The van der Waals surface area contributed by atoms with E-state index in [0.29, 0.717) is 23.9 Å². The van der Waals surface area contributed by atoms with Crippen molar-refractivity contribution in [1.82, 2.24) is 36.4 Å². The Morgan fingerprint density at radius 3 is 1.86 bits per heavy atom. The van der Waals surface area contributed by atoms with Crippen LogP contribution < -0.4 is 26.6 Å². The lowest BCUT2D eigenvalue weighted by Crippen LogP contribution is -2.54. The Morgan fingerprint density at radius 1 is 0.754 bits per heavy atom. The first-order valence-electron chi connectivity index (χ1n) is 23.3. The van der Waals surface area contributed by atoms with Crippen LogP contribution in [0.3, 0.4) is 0 Å². The van der Waals surface area contributed by atoms with Gasteiger partial charge in [-0.3, -0.25) is 0 Å². The Hall–Kier alpha value is -2.11. The number of halogens is 1. The molecule has 0 aromatic heterocycles. The molecule has 2 heterocycles. The topological polar surface area (TPSA) is 121 Å². The van der Waals surface area contributed by atoms with Crippen molar-refractivity contribution in [2.75, 3.05) is 66.5 Å². The summed E-state index contributed by atoms with van der Waals surface area (Å²) in [7, 11) is 3.93. The van der Waals surface area contributed by atoms with Crippen LogP contribution in [0, 0.1) is 17.8 Å². The molecule has 2 aliphatic heterocycles. The number of hydrogen-bond donors (Lipinski definition) is 6. The molecule has 2 saturated carbocycles. The Labute approximate surface area is 352 Å². The maximum Gasteiger partial charge on any atom is 0.317 e. The van der Waals surface area contributed by atoms with Crippen LogP contribution in [0.15, 0.2) is 24.3 Å². The molecule has 4 amide bonds. The number of nitrogens with zero attached hydrogens (tertiary/aromatic N) is 2. The second-order valence-corrected chi connectivity index (χ2v) is 18.3. The van der Waals surface area contributed by atoms with E-state index in [1.807, 2.05) is 48.2 Å². The van der Waals surface area contributed by atoms with E-state index in [2.05, 4.69) is 33.5 Å². The van der Waals surface area contributed by atoms with Crippen molar-refractivity contribution in [2.24, 2.45) is 17.8 Å². The molecule has 0 radical (unpaired) electrons. The lowest BCUT2D eigenvalue weighted by atomic mass is 9.74. The zero-order valence-electron chi connectivity index (χ0n) is 36.2. The molecule has 4 fully saturated rings. The predicted octanol–water partition coefficient (Wildman–Crippen LogP) is 8.42. The summed E-state index contributed by atoms with van der Waals surface area (Å²) in [6, 6.07) is 8.26. The third-order valence-corrected chi connectivity index (χ3v) is 13.4. The van der Waals surface area contributed by atoms with E-state index in [4.69, 9.17) is 11.6 Å². The number of benzene rings is 1. The van der Waals surface area contributed by atoms with Gasteiger partial charge < -0.3 is 41.5 Å². The summed E-state index contributed by atoms with van der Waals surface area (Å²) in [4.78, 5) is 29.7. The minimum absolute atomic E-state index is 0.00966. The van der Waals surface area contributed by atoms with E-state index >= 15 is 0 Å². The molecule has 11 heteroatoms. The van der Waals surface area contributed by atoms with Gasteiger partial charge in [0, 0.05) is 62.3 Å². The van der Waals surface area contributed by atoms with E-state index in [1.54, 1.807) is 0 Å². The highest BCUT2D eigenvalue weighted by Gasteiger charge is 2.41. The first-order valence-corrected chi connectivity index (χ1v) is 23.7. The number of likely N-dealkylation sites (N-methyl/N-ethyl adjacent to an activating group) is 2. The van der Waals surface area contributed by atoms with Crippen molar-refractivity contribution in [1.29, 1.82) is 0 Å². The van der Waals surface area contributed by atoms with Crippen LogP contribution in [0.5, 0.6) is 0 Å². The maximum atomic E-state index is 13.4. The second kappa shape index (κ2) is 26.9. The fourth-order valence-electron chi connectivity index (χ4n) is 9.96. The lowest BCUT2D eigenvalue weighted by Gasteiger charge is -2.43. The Bertz CT molecular complexity index is 1260. The number of aliphatic hydroxyl groups is 1. The number of nitrogens with one attached hydrogen (secondary N) is 5. The van der Waals surface area contributed by atoms with Crippen LogP contribution in [0.25, 0.3) is 0 Å².